The zero-order chi connectivity index (χ0) is 33.5. The Labute approximate surface area is 282 Å². The lowest BCUT2D eigenvalue weighted by atomic mass is 10.0. The Bertz CT molecular complexity index is 846. The van der Waals surface area contributed by atoms with E-state index in [1.165, 1.54) is 178 Å². The van der Waals surface area contributed by atoms with Gasteiger partial charge in [-0.05, 0) is 50.2 Å². The van der Waals surface area contributed by atoms with E-state index in [4.69, 9.17) is 0 Å². The average Bonchev–Trinajstić information content (AvgIpc) is 3.01. The van der Waals surface area contributed by atoms with Gasteiger partial charge < -0.3 is 9.04 Å². The van der Waals surface area contributed by atoms with E-state index in [0.29, 0.717) is 12.0 Å². The maximum absolute atomic E-state index is 11.2. The predicted octanol–water partition coefficient (Wildman–Crippen LogP) is 12.4. The Morgan fingerprint density at radius 2 is 0.800 bits per heavy atom. The molecule has 266 valence electrons. The van der Waals surface area contributed by atoms with Gasteiger partial charge >= 0.3 is 0 Å². The van der Waals surface area contributed by atoms with E-state index in [2.05, 4.69) is 34.9 Å². The summed E-state index contributed by atoms with van der Waals surface area (Å²) in [5.41, 5.74) is 0.664. The molecule has 0 amide bonds. The Morgan fingerprint density at radius 1 is 0.489 bits per heavy atom. The summed E-state index contributed by atoms with van der Waals surface area (Å²) in [4.78, 5) is -0.0501. The second-order valence-electron chi connectivity index (χ2n) is 14.3. The quantitative estimate of drug-likeness (QED) is 0.0472. The van der Waals surface area contributed by atoms with Crippen molar-refractivity contribution in [2.75, 3.05) is 27.2 Å². The van der Waals surface area contributed by atoms with Crippen LogP contribution in [0, 0.1) is 0 Å². The van der Waals surface area contributed by atoms with Gasteiger partial charge in [0.25, 0.3) is 0 Å². The van der Waals surface area contributed by atoms with Gasteiger partial charge in [0.15, 0.2) is 0 Å². The maximum atomic E-state index is 11.2. The number of hydrogen-bond acceptors (Lipinski definition) is 3. The topological polar surface area (TPSA) is 57.2 Å². The van der Waals surface area contributed by atoms with Crippen molar-refractivity contribution in [1.29, 1.82) is 0 Å². The van der Waals surface area contributed by atoms with Crippen LogP contribution in [0.5, 0.6) is 0 Å². The molecule has 0 aliphatic heterocycles. The number of nitrogens with zero attached hydrogens (tertiary/aromatic N) is 1. The molecule has 0 spiro atoms. The van der Waals surface area contributed by atoms with Gasteiger partial charge in [0.05, 0.1) is 32.1 Å². The summed E-state index contributed by atoms with van der Waals surface area (Å²) in [6, 6.07) is 6.56. The van der Waals surface area contributed by atoms with E-state index in [9.17, 15) is 13.0 Å². The van der Waals surface area contributed by atoms with Crippen LogP contribution in [0.1, 0.15) is 193 Å². The van der Waals surface area contributed by atoms with E-state index >= 15 is 0 Å². The maximum Gasteiger partial charge on any atom is 0.124 e. The van der Waals surface area contributed by atoms with Crippen LogP contribution in [0.2, 0.25) is 0 Å². The number of benzene rings is 1. The Hall–Kier alpha value is -0.910. The Morgan fingerprint density at radius 3 is 1.16 bits per heavy atom. The summed E-state index contributed by atoms with van der Waals surface area (Å²) < 4.78 is 34.8. The van der Waals surface area contributed by atoms with Gasteiger partial charge in [-0.25, -0.2) is 8.42 Å². The molecular formula is C40H77NO3S. The monoisotopic (exact) mass is 652 g/mol. The largest absolute Gasteiger partial charge is 0.744 e. The van der Waals surface area contributed by atoms with Crippen molar-refractivity contribution in [3.8, 4) is 0 Å². The SMILES string of the molecule is CCCCCCCCCCCCc1ccccc1S(=O)(=O)[O-].CCCCCCCCCC[N+](C)(C)CCCCCCCCCC. The van der Waals surface area contributed by atoms with Gasteiger partial charge in [0, 0.05) is 0 Å². The number of hydrogen-bond donors (Lipinski definition) is 0. The van der Waals surface area contributed by atoms with Crippen molar-refractivity contribution in [2.45, 2.75) is 199 Å². The van der Waals surface area contributed by atoms with Crippen LogP contribution in [0.4, 0.5) is 0 Å². The van der Waals surface area contributed by atoms with E-state index in [1.807, 2.05) is 0 Å². The van der Waals surface area contributed by atoms with Gasteiger partial charge in [-0.2, -0.15) is 0 Å². The second-order valence-corrected chi connectivity index (χ2v) is 15.7. The molecule has 0 N–H and O–H groups in total. The van der Waals surface area contributed by atoms with E-state index in [0.717, 1.165) is 12.8 Å². The molecule has 0 saturated carbocycles. The molecule has 0 aliphatic carbocycles. The molecule has 0 fully saturated rings. The third-order valence-electron chi connectivity index (χ3n) is 9.28. The summed E-state index contributed by atoms with van der Waals surface area (Å²) in [6.07, 6.45) is 36.2. The minimum absolute atomic E-state index is 0.0501. The van der Waals surface area contributed by atoms with Crippen LogP contribution in [0.25, 0.3) is 0 Å². The van der Waals surface area contributed by atoms with Crippen molar-refractivity contribution >= 4 is 10.1 Å². The molecule has 0 bridgehead atoms. The van der Waals surface area contributed by atoms with Crippen LogP contribution in [-0.2, 0) is 16.5 Å². The normalized spacial score (nSPS) is 11.9. The molecule has 0 atom stereocenters. The van der Waals surface area contributed by atoms with Crippen molar-refractivity contribution in [3.63, 3.8) is 0 Å². The number of unbranched alkanes of at least 4 members (excludes halogenated alkanes) is 23. The molecule has 0 saturated heterocycles. The van der Waals surface area contributed by atoms with Crippen LogP contribution < -0.4 is 0 Å². The molecule has 0 radical (unpaired) electrons. The van der Waals surface area contributed by atoms with Gasteiger partial charge in [-0.3, -0.25) is 0 Å². The fraction of sp³-hybridized carbons (Fsp3) is 0.850. The minimum atomic E-state index is -4.35. The van der Waals surface area contributed by atoms with Crippen LogP contribution in [0.15, 0.2) is 29.2 Å². The van der Waals surface area contributed by atoms with Crippen molar-refractivity contribution in [2.24, 2.45) is 0 Å². The molecule has 5 heteroatoms. The van der Waals surface area contributed by atoms with Crippen LogP contribution in [-0.4, -0.2) is 44.6 Å². The summed E-state index contributed by atoms with van der Waals surface area (Å²) in [6.45, 7) is 9.59. The zero-order valence-corrected chi connectivity index (χ0v) is 31.7. The average molecular weight is 652 g/mol. The first-order valence-corrected chi connectivity index (χ1v) is 20.9. The van der Waals surface area contributed by atoms with Crippen molar-refractivity contribution < 1.29 is 17.5 Å². The Balaban J connectivity index is 0.000000861. The summed E-state index contributed by atoms with van der Waals surface area (Å²) in [7, 11) is 0.520. The minimum Gasteiger partial charge on any atom is -0.744 e. The number of aryl methyl sites for hydroxylation is 1. The highest BCUT2D eigenvalue weighted by atomic mass is 32.2. The molecule has 0 aromatic heterocycles. The summed E-state index contributed by atoms with van der Waals surface area (Å²) >= 11 is 0. The molecule has 0 heterocycles. The number of rotatable bonds is 30. The molecular weight excluding hydrogens is 575 g/mol. The van der Waals surface area contributed by atoms with Crippen LogP contribution >= 0.6 is 0 Å². The molecule has 1 aromatic rings. The lowest BCUT2D eigenvalue weighted by molar-refractivity contribution is -0.890. The highest BCUT2D eigenvalue weighted by Gasteiger charge is 2.13. The standard InChI is InChI=1S/C22H48N.C18H30O3S/c1-5-7-9-11-13-15-17-19-21-23(3,4)22-20-18-16-14-12-10-8-6-2;1-2-3-4-5-6-7-8-9-10-11-14-17-15-12-13-16-18(17)22(19,20)21/h5-22H2,1-4H3;12-13,15-16H,2-11,14H2,1H3,(H,19,20,21)/q+1;/p-1. The fourth-order valence-electron chi connectivity index (χ4n) is 6.22. The van der Waals surface area contributed by atoms with E-state index < -0.39 is 10.1 Å². The highest BCUT2D eigenvalue weighted by molar-refractivity contribution is 7.85. The second kappa shape index (κ2) is 30.4. The van der Waals surface area contributed by atoms with Gasteiger partial charge in [-0.1, -0.05) is 174 Å². The van der Waals surface area contributed by atoms with Crippen molar-refractivity contribution in [3.05, 3.63) is 29.8 Å². The predicted molar refractivity (Wildman–Crippen MR) is 197 cm³/mol. The van der Waals surface area contributed by atoms with E-state index in [-0.39, 0.29) is 4.90 Å². The molecule has 0 unspecified atom stereocenters. The first kappa shape index (κ1) is 44.1. The lowest BCUT2D eigenvalue weighted by Gasteiger charge is -2.30. The first-order chi connectivity index (χ1) is 21.7. The summed E-state index contributed by atoms with van der Waals surface area (Å²) in [5.74, 6) is 0. The van der Waals surface area contributed by atoms with Crippen LogP contribution in [0.3, 0.4) is 0 Å². The molecule has 1 aromatic carbocycles. The van der Waals surface area contributed by atoms with E-state index in [1.54, 1.807) is 18.2 Å². The molecule has 1 rings (SSSR count). The fourth-order valence-corrected chi connectivity index (χ4v) is 6.95. The van der Waals surface area contributed by atoms with Gasteiger partial charge in [0.2, 0.25) is 0 Å². The molecule has 4 nitrogen and oxygen atoms in total. The lowest BCUT2D eigenvalue weighted by Crippen LogP contribution is -2.41. The first-order valence-electron chi connectivity index (χ1n) is 19.5. The van der Waals surface area contributed by atoms with Gasteiger partial charge in [0.1, 0.15) is 10.1 Å². The zero-order valence-electron chi connectivity index (χ0n) is 30.9. The smallest absolute Gasteiger partial charge is 0.124 e. The number of quaternary nitrogens is 1. The third kappa shape index (κ3) is 29.0. The third-order valence-corrected chi connectivity index (χ3v) is 10.2. The summed E-state index contributed by atoms with van der Waals surface area (Å²) in [5, 5.41) is 0. The Kier molecular flexibility index (Phi) is 29.8. The highest BCUT2D eigenvalue weighted by Crippen LogP contribution is 2.19. The molecule has 45 heavy (non-hydrogen) atoms. The van der Waals surface area contributed by atoms with Crippen molar-refractivity contribution in [1.82, 2.24) is 0 Å². The molecule has 0 aliphatic rings. The van der Waals surface area contributed by atoms with Gasteiger partial charge in [-0.15, -0.1) is 0 Å².